The first kappa shape index (κ1) is 14.1. The van der Waals surface area contributed by atoms with Crippen molar-refractivity contribution in [3.8, 4) is 5.75 Å². The fraction of sp³-hybridized carbons (Fsp3) is 0.357. The van der Waals surface area contributed by atoms with Crippen LogP contribution in [0.5, 0.6) is 5.75 Å². The number of alkyl carbamates (subject to hydrolysis) is 1. The van der Waals surface area contributed by atoms with E-state index in [-0.39, 0.29) is 6.61 Å². The van der Waals surface area contributed by atoms with E-state index in [1.807, 2.05) is 24.3 Å². The van der Waals surface area contributed by atoms with Crippen molar-refractivity contribution in [3.63, 3.8) is 0 Å². The van der Waals surface area contributed by atoms with Crippen molar-refractivity contribution in [1.82, 2.24) is 5.32 Å². The summed E-state index contributed by atoms with van der Waals surface area (Å²) in [7, 11) is 0. The van der Waals surface area contributed by atoms with Crippen LogP contribution in [0.3, 0.4) is 0 Å². The van der Waals surface area contributed by atoms with Gasteiger partial charge in [0, 0.05) is 0 Å². The molecule has 0 radical (unpaired) electrons. The molecular weight excluding hydrogens is 230 g/mol. The molecule has 4 heteroatoms. The Morgan fingerprint density at radius 2 is 2.22 bits per heavy atom. The monoisotopic (exact) mass is 249 g/mol. The SMILES string of the molecule is C=CCOC(=O)NCCOc1ccccc1CC. The third kappa shape index (κ3) is 4.91. The summed E-state index contributed by atoms with van der Waals surface area (Å²) in [6.07, 6.45) is 1.99. The molecule has 0 aliphatic carbocycles. The van der Waals surface area contributed by atoms with Crippen molar-refractivity contribution in [2.45, 2.75) is 13.3 Å². The second kappa shape index (κ2) is 8.17. The summed E-state index contributed by atoms with van der Waals surface area (Å²) in [5, 5.41) is 2.59. The van der Waals surface area contributed by atoms with E-state index in [1.54, 1.807) is 0 Å². The van der Waals surface area contributed by atoms with Gasteiger partial charge in [-0.1, -0.05) is 37.8 Å². The molecule has 0 bridgehead atoms. The molecule has 98 valence electrons. The first-order valence-corrected chi connectivity index (χ1v) is 6.00. The van der Waals surface area contributed by atoms with Gasteiger partial charge < -0.3 is 14.8 Å². The third-order valence-electron chi connectivity index (χ3n) is 2.31. The molecule has 4 nitrogen and oxygen atoms in total. The van der Waals surface area contributed by atoms with Crippen LogP contribution in [0, 0.1) is 0 Å². The highest BCUT2D eigenvalue weighted by atomic mass is 16.5. The highest BCUT2D eigenvalue weighted by molar-refractivity contribution is 5.67. The maximum absolute atomic E-state index is 11.1. The standard InChI is InChI=1S/C14H19NO3/c1-3-10-18-14(16)15-9-11-17-13-8-6-5-7-12(13)4-2/h3,5-8H,1,4,9-11H2,2H3,(H,15,16). The number of amides is 1. The molecule has 1 N–H and O–H groups in total. The molecule has 0 aliphatic rings. The smallest absolute Gasteiger partial charge is 0.407 e. The molecule has 1 aromatic rings. The van der Waals surface area contributed by atoms with E-state index in [1.165, 1.54) is 6.08 Å². The predicted octanol–water partition coefficient (Wildman–Crippen LogP) is 2.54. The molecule has 1 aromatic carbocycles. The van der Waals surface area contributed by atoms with Crippen molar-refractivity contribution < 1.29 is 14.3 Å². The number of aryl methyl sites for hydroxylation is 1. The number of carbonyl (C=O) groups excluding carboxylic acids is 1. The second-order valence-electron chi connectivity index (χ2n) is 3.62. The zero-order valence-electron chi connectivity index (χ0n) is 10.6. The highest BCUT2D eigenvalue weighted by Crippen LogP contribution is 2.17. The van der Waals surface area contributed by atoms with Crippen molar-refractivity contribution in [2.24, 2.45) is 0 Å². The normalized spacial score (nSPS) is 9.61. The topological polar surface area (TPSA) is 47.6 Å². The zero-order valence-corrected chi connectivity index (χ0v) is 10.6. The molecule has 0 saturated heterocycles. The Balaban J connectivity index is 2.25. The summed E-state index contributed by atoms with van der Waals surface area (Å²) in [6, 6.07) is 7.87. The Hall–Kier alpha value is -1.97. The third-order valence-corrected chi connectivity index (χ3v) is 2.31. The number of rotatable bonds is 7. The average Bonchev–Trinajstić information content (AvgIpc) is 2.41. The first-order chi connectivity index (χ1) is 8.77. The van der Waals surface area contributed by atoms with E-state index in [9.17, 15) is 4.79 Å². The van der Waals surface area contributed by atoms with Crippen LogP contribution in [0.15, 0.2) is 36.9 Å². The van der Waals surface area contributed by atoms with Crippen molar-refractivity contribution in [2.75, 3.05) is 19.8 Å². The Kier molecular flexibility index (Phi) is 6.40. The lowest BCUT2D eigenvalue weighted by molar-refractivity contribution is 0.156. The van der Waals surface area contributed by atoms with Crippen LogP contribution in [0.4, 0.5) is 4.79 Å². The number of ether oxygens (including phenoxy) is 2. The molecule has 0 heterocycles. The molecule has 1 rings (SSSR count). The van der Waals surface area contributed by atoms with E-state index >= 15 is 0 Å². The van der Waals surface area contributed by atoms with E-state index < -0.39 is 6.09 Å². The number of benzene rings is 1. The van der Waals surface area contributed by atoms with Crippen molar-refractivity contribution in [1.29, 1.82) is 0 Å². The maximum Gasteiger partial charge on any atom is 0.407 e. The lowest BCUT2D eigenvalue weighted by atomic mass is 10.1. The summed E-state index contributed by atoms with van der Waals surface area (Å²) in [4.78, 5) is 11.1. The van der Waals surface area contributed by atoms with E-state index in [0.717, 1.165) is 17.7 Å². The van der Waals surface area contributed by atoms with E-state index in [4.69, 9.17) is 9.47 Å². The van der Waals surface area contributed by atoms with Gasteiger partial charge in [-0.25, -0.2) is 4.79 Å². The number of hydrogen-bond acceptors (Lipinski definition) is 3. The summed E-state index contributed by atoms with van der Waals surface area (Å²) in [5.41, 5.74) is 1.16. The van der Waals surface area contributed by atoms with Crippen LogP contribution < -0.4 is 10.1 Å². The van der Waals surface area contributed by atoms with Crippen LogP contribution in [0.2, 0.25) is 0 Å². The molecule has 0 aromatic heterocycles. The molecule has 0 fully saturated rings. The van der Waals surface area contributed by atoms with Gasteiger partial charge in [0.25, 0.3) is 0 Å². The number of nitrogens with one attached hydrogen (secondary N) is 1. The van der Waals surface area contributed by atoms with Gasteiger partial charge in [0.2, 0.25) is 0 Å². The second-order valence-corrected chi connectivity index (χ2v) is 3.62. The lowest BCUT2D eigenvalue weighted by Gasteiger charge is -2.10. The molecule has 1 amide bonds. The molecule has 0 saturated carbocycles. The average molecular weight is 249 g/mol. The van der Waals surface area contributed by atoms with E-state index in [0.29, 0.717) is 13.2 Å². The van der Waals surface area contributed by atoms with Crippen LogP contribution >= 0.6 is 0 Å². The summed E-state index contributed by atoms with van der Waals surface area (Å²) in [6.45, 7) is 6.58. The van der Waals surface area contributed by atoms with Gasteiger partial charge in [-0.15, -0.1) is 0 Å². The minimum absolute atomic E-state index is 0.214. The molecular formula is C14H19NO3. The van der Waals surface area contributed by atoms with Crippen LogP contribution in [0.25, 0.3) is 0 Å². The highest BCUT2D eigenvalue weighted by Gasteiger charge is 2.02. The number of para-hydroxylation sites is 1. The molecule has 18 heavy (non-hydrogen) atoms. The van der Waals surface area contributed by atoms with Crippen LogP contribution in [0.1, 0.15) is 12.5 Å². The van der Waals surface area contributed by atoms with Crippen LogP contribution in [-0.4, -0.2) is 25.9 Å². The van der Waals surface area contributed by atoms with Crippen LogP contribution in [-0.2, 0) is 11.2 Å². The largest absolute Gasteiger partial charge is 0.491 e. The summed E-state index contributed by atoms with van der Waals surface area (Å²) >= 11 is 0. The van der Waals surface area contributed by atoms with Crippen molar-refractivity contribution >= 4 is 6.09 Å². The minimum atomic E-state index is -0.456. The van der Waals surface area contributed by atoms with E-state index in [2.05, 4.69) is 18.8 Å². The van der Waals surface area contributed by atoms with Gasteiger partial charge in [-0.3, -0.25) is 0 Å². The lowest BCUT2D eigenvalue weighted by Crippen LogP contribution is -2.28. The quantitative estimate of drug-likeness (QED) is 0.596. The zero-order chi connectivity index (χ0) is 13.2. The van der Waals surface area contributed by atoms with Gasteiger partial charge in [0.15, 0.2) is 0 Å². The fourth-order valence-corrected chi connectivity index (χ4v) is 1.44. The van der Waals surface area contributed by atoms with Gasteiger partial charge in [0.1, 0.15) is 19.0 Å². The Bertz CT molecular complexity index is 390. The van der Waals surface area contributed by atoms with Gasteiger partial charge in [0.05, 0.1) is 6.54 Å². The van der Waals surface area contributed by atoms with Gasteiger partial charge in [-0.2, -0.15) is 0 Å². The molecule has 0 aliphatic heterocycles. The molecule has 0 spiro atoms. The fourth-order valence-electron chi connectivity index (χ4n) is 1.44. The molecule has 0 atom stereocenters. The number of carbonyl (C=O) groups is 1. The predicted molar refractivity (Wildman–Crippen MR) is 70.9 cm³/mol. The first-order valence-electron chi connectivity index (χ1n) is 6.00. The Morgan fingerprint density at radius 3 is 2.94 bits per heavy atom. The maximum atomic E-state index is 11.1. The summed E-state index contributed by atoms with van der Waals surface area (Å²) in [5.74, 6) is 0.862. The Morgan fingerprint density at radius 1 is 1.44 bits per heavy atom. The van der Waals surface area contributed by atoms with Gasteiger partial charge in [-0.05, 0) is 18.1 Å². The Labute approximate surface area is 108 Å². The summed E-state index contributed by atoms with van der Waals surface area (Å²) < 4.78 is 10.4. The van der Waals surface area contributed by atoms with Gasteiger partial charge >= 0.3 is 6.09 Å². The minimum Gasteiger partial charge on any atom is -0.491 e. The van der Waals surface area contributed by atoms with Crippen molar-refractivity contribution in [3.05, 3.63) is 42.5 Å². The number of hydrogen-bond donors (Lipinski definition) is 1. The molecule has 0 unspecified atom stereocenters.